The van der Waals surface area contributed by atoms with E-state index in [4.69, 9.17) is 15.9 Å². The zero-order valence-corrected chi connectivity index (χ0v) is 13.4. The van der Waals surface area contributed by atoms with Crippen LogP contribution in [0.3, 0.4) is 0 Å². The van der Waals surface area contributed by atoms with Crippen molar-refractivity contribution in [2.45, 2.75) is 39.7 Å². The van der Waals surface area contributed by atoms with Crippen LogP contribution in [0.2, 0.25) is 0 Å². The van der Waals surface area contributed by atoms with Crippen LogP contribution in [-0.4, -0.2) is 30.9 Å². The number of nitrogens with zero attached hydrogens (tertiary/aromatic N) is 1. The molecule has 0 saturated carbocycles. The molecule has 0 aromatic heterocycles. The Morgan fingerprint density at radius 1 is 1.38 bits per heavy atom. The molecule has 2 rings (SSSR count). The molecule has 0 atom stereocenters. The van der Waals surface area contributed by atoms with E-state index in [-0.39, 0.29) is 5.84 Å². The molecule has 1 aliphatic rings. The van der Waals surface area contributed by atoms with Crippen molar-refractivity contribution in [2.24, 2.45) is 11.1 Å². The highest BCUT2D eigenvalue weighted by Gasteiger charge is 2.34. The van der Waals surface area contributed by atoms with E-state index in [1.165, 1.54) is 31.4 Å². The summed E-state index contributed by atoms with van der Waals surface area (Å²) >= 11 is 0. The van der Waals surface area contributed by atoms with Crippen molar-refractivity contribution in [3.05, 3.63) is 29.3 Å². The van der Waals surface area contributed by atoms with Crippen LogP contribution in [0.5, 0.6) is 5.75 Å². The first kappa shape index (κ1) is 15.8. The highest BCUT2D eigenvalue weighted by atomic mass is 16.5. The molecule has 1 saturated heterocycles. The van der Waals surface area contributed by atoms with E-state index in [9.17, 15) is 0 Å². The summed E-state index contributed by atoms with van der Waals surface area (Å²) in [5, 5.41) is 7.67. The molecule has 4 nitrogen and oxygen atoms in total. The Balaban J connectivity index is 2.11. The van der Waals surface area contributed by atoms with Gasteiger partial charge in [0.05, 0.1) is 12.7 Å². The van der Waals surface area contributed by atoms with Gasteiger partial charge in [0.25, 0.3) is 0 Å². The molecule has 0 bridgehead atoms. The molecule has 1 heterocycles. The Morgan fingerprint density at radius 3 is 2.62 bits per heavy atom. The maximum absolute atomic E-state index is 7.67. The van der Waals surface area contributed by atoms with Gasteiger partial charge in [-0.25, -0.2) is 0 Å². The van der Waals surface area contributed by atoms with Crippen LogP contribution in [0, 0.1) is 10.8 Å². The number of hydrogen-bond acceptors (Lipinski definition) is 3. The molecule has 1 aromatic rings. The average molecular weight is 289 g/mol. The van der Waals surface area contributed by atoms with Crippen molar-refractivity contribution in [1.82, 2.24) is 4.90 Å². The minimum absolute atomic E-state index is 0.0617. The first-order chi connectivity index (χ1) is 10.0. The Morgan fingerprint density at radius 2 is 2.10 bits per heavy atom. The van der Waals surface area contributed by atoms with E-state index in [0.717, 1.165) is 13.1 Å². The molecule has 1 fully saturated rings. The highest BCUT2D eigenvalue weighted by molar-refractivity contribution is 5.97. The molecule has 0 radical (unpaired) electrons. The fourth-order valence-electron chi connectivity index (χ4n) is 3.31. The van der Waals surface area contributed by atoms with Crippen molar-refractivity contribution >= 4 is 5.84 Å². The predicted octanol–water partition coefficient (Wildman–Crippen LogP) is 2.99. The fourth-order valence-corrected chi connectivity index (χ4v) is 3.31. The summed E-state index contributed by atoms with van der Waals surface area (Å²) in [5.74, 6) is 0.732. The van der Waals surface area contributed by atoms with Gasteiger partial charge in [-0.1, -0.05) is 19.9 Å². The summed E-state index contributed by atoms with van der Waals surface area (Å²) in [6.07, 6.45) is 3.79. The van der Waals surface area contributed by atoms with Crippen molar-refractivity contribution in [1.29, 1.82) is 5.41 Å². The van der Waals surface area contributed by atoms with E-state index in [2.05, 4.69) is 24.8 Å². The lowest BCUT2D eigenvalue weighted by Gasteiger charge is -2.26. The maximum atomic E-state index is 7.67. The number of nitrogens with two attached hydrogens (primary N) is 1. The van der Waals surface area contributed by atoms with E-state index in [1.54, 1.807) is 7.11 Å². The SMILES string of the molecule is CCC1(CC)CCN(Cc2ccc(OC)c(C(=N)N)c2)C1. The van der Waals surface area contributed by atoms with Crippen LogP contribution in [0.4, 0.5) is 0 Å². The Labute approximate surface area is 127 Å². The minimum Gasteiger partial charge on any atom is -0.496 e. The Hall–Kier alpha value is -1.55. The first-order valence-electron chi connectivity index (χ1n) is 7.77. The summed E-state index contributed by atoms with van der Waals surface area (Å²) in [7, 11) is 1.61. The number of nitrogen functional groups attached to an aromatic ring is 1. The third kappa shape index (κ3) is 3.38. The average Bonchev–Trinajstić information content (AvgIpc) is 2.91. The second-order valence-electron chi connectivity index (χ2n) is 6.12. The highest BCUT2D eigenvalue weighted by Crippen LogP contribution is 2.37. The molecule has 0 amide bonds. The second-order valence-corrected chi connectivity index (χ2v) is 6.12. The summed E-state index contributed by atoms with van der Waals surface area (Å²) < 4.78 is 5.27. The molecule has 1 aliphatic heterocycles. The minimum atomic E-state index is 0.0617. The summed E-state index contributed by atoms with van der Waals surface area (Å²) in [5.41, 5.74) is 8.02. The molecular weight excluding hydrogens is 262 g/mol. The number of amidine groups is 1. The van der Waals surface area contributed by atoms with Gasteiger partial charge >= 0.3 is 0 Å². The molecule has 0 spiro atoms. The van der Waals surface area contributed by atoms with E-state index < -0.39 is 0 Å². The van der Waals surface area contributed by atoms with Crippen molar-refractivity contribution in [3.63, 3.8) is 0 Å². The number of nitrogens with one attached hydrogen (secondary N) is 1. The van der Waals surface area contributed by atoms with Gasteiger partial charge in [-0.05, 0) is 48.9 Å². The third-order valence-corrected chi connectivity index (χ3v) is 4.98. The van der Waals surface area contributed by atoms with E-state index >= 15 is 0 Å². The number of ether oxygens (including phenoxy) is 1. The molecule has 4 heteroatoms. The lowest BCUT2D eigenvalue weighted by molar-refractivity contribution is 0.236. The maximum Gasteiger partial charge on any atom is 0.129 e. The standard InChI is InChI=1S/C17H27N3O/c1-4-17(5-2)8-9-20(12-17)11-13-6-7-15(21-3)14(10-13)16(18)19/h6-7,10H,4-5,8-9,11-12H2,1-3H3,(H3,18,19). The van der Waals surface area contributed by atoms with Gasteiger partial charge in [-0.2, -0.15) is 0 Å². The van der Waals surface area contributed by atoms with Crippen LogP contribution < -0.4 is 10.5 Å². The fraction of sp³-hybridized carbons (Fsp3) is 0.588. The smallest absolute Gasteiger partial charge is 0.129 e. The number of benzene rings is 1. The molecule has 3 N–H and O–H groups in total. The lowest BCUT2D eigenvalue weighted by Crippen LogP contribution is -2.26. The van der Waals surface area contributed by atoms with Gasteiger partial charge in [0.2, 0.25) is 0 Å². The number of methoxy groups -OCH3 is 1. The van der Waals surface area contributed by atoms with Gasteiger partial charge in [0.15, 0.2) is 0 Å². The number of rotatable bonds is 6. The van der Waals surface area contributed by atoms with Crippen LogP contribution >= 0.6 is 0 Å². The predicted molar refractivity (Wildman–Crippen MR) is 86.9 cm³/mol. The lowest BCUT2D eigenvalue weighted by atomic mass is 9.82. The van der Waals surface area contributed by atoms with Gasteiger partial charge in [-0.3, -0.25) is 10.3 Å². The van der Waals surface area contributed by atoms with Crippen LogP contribution in [0.1, 0.15) is 44.2 Å². The van der Waals surface area contributed by atoms with Gasteiger partial charge in [0, 0.05) is 13.1 Å². The normalized spacial score (nSPS) is 17.9. The zero-order valence-electron chi connectivity index (χ0n) is 13.4. The second kappa shape index (κ2) is 6.48. The van der Waals surface area contributed by atoms with Crippen LogP contribution in [0.15, 0.2) is 18.2 Å². The summed E-state index contributed by atoms with van der Waals surface area (Å²) in [6.45, 7) is 7.85. The van der Waals surface area contributed by atoms with Gasteiger partial charge < -0.3 is 10.5 Å². The molecule has 116 valence electrons. The summed E-state index contributed by atoms with van der Waals surface area (Å²) in [4.78, 5) is 2.51. The molecule has 1 aromatic carbocycles. The summed E-state index contributed by atoms with van der Waals surface area (Å²) in [6, 6.07) is 5.97. The van der Waals surface area contributed by atoms with Gasteiger partial charge in [-0.15, -0.1) is 0 Å². The van der Waals surface area contributed by atoms with E-state index in [0.29, 0.717) is 16.7 Å². The first-order valence-corrected chi connectivity index (χ1v) is 7.77. The molecule has 0 unspecified atom stereocenters. The third-order valence-electron chi connectivity index (χ3n) is 4.98. The number of hydrogen-bond donors (Lipinski definition) is 2. The van der Waals surface area contributed by atoms with Crippen molar-refractivity contribution in [2.75, 3.05) is 20.2 Å². The van der Waals surface area contributed by atoms with Crippen LogP contribution in [0.25, 0.3) is 0 Å². The molecule has 0 aliphatic carbocycles. The molecule has 21 heavy (non-hydrogen) atoms. The van der Waals surface area contributed by atoms with Crippen molar-refractivity contribution in [3.8, 4) is 5.75 Å². The largest absolute Gasteiger partial charge is 0.496 e. The topological polar surface area (TPSA) is 62.3 Å². The zero-order chi connectivity index (χ0) is 15.5. The van der Waals surface area contributed by atoms with E-state index in [1.807, 2.05) is 12.1 Å². The van der Waals surface area contributed by atoms with Crippen molar-refractivity contribution < 1.29 is 4.74 Å². The van der Waals surface area contributed by atoms with Gasteiger partial charge in [0.1, 0.15) is 11.6 Å². The number of likely N-dealkylation sites (tertiary alicyclic amines) is 1. The van der Waals surface area contributed by atoms with Crippen LogP contribution in [-0.2, 0) is 6.54 Å². The quantitative estimate of drug-likeness (QED) is 0.625. The molecular formula is C17H27N3O. The Bertz CT molecular complexity index is 509. The monoisotopic (exact) mass is 289 g/mol. The Kier molecular flexibility index (Phi) is 4.88.